The molecule has 14 heteroatoms. The van der Waals surface area contributed by atoms with Gasteiger partial charge < -0.3 is 20.1 Å². The van der Waals surface area contributed by atoms with Gasteiger partial charge in [0.05, 0.1) is 36.5 Å². The third-order valence-electron chi connectivity index (χ3n) is 4.95. The summed E-state index contributed by atoms with van der Waals surface area (Å²) in [6.07, 6.45) is -11.0. The first-order chi connectivity index (χ1) is 15.8. The predicted molar refractivity (Wildman–Crippen MR) is 103 cm³/mol. The maximum Gasteiger partial charge on any atom is 0.416 e. The quantitative estimate of drug-likeness (QED) is 0.623. The smallest absolute Gasteiger partial charge is 0.416 e. The molecule has 0 saturated carbocycles. The lowest BCUT2D eigenvalue weighted by Crippen LogP contribution is -2.38. The Morgan fingerprint density at radius 3 is 2.26 bits per heavy atom. The summed E-state index contributed by atoms with van der Waals surface area (Å²) in [7, 11) is 0. The lowest BCUT2D eigenvalue weighted by molar-refractivity contribution is -0.143. The molecule has 0 spiro atoms. The number of hydrogen-bond acceptors (Lipinski definition) is 5. The lowest BCUT2D eigenvalue weighted by atomic mass is 10.1. The van der Waals surface area contributed by atoms with Gasteiger partial charge in [0, 0.05) is 12.6 Å². The Balaban J connectivity index is 1.67. The molecule has 0 saturated heterocycles. The number of carbonyl (C=O) groups is 2. The fourth-order valence-electron chi connectivity index (χ4n) is 3.22. The molecular weight excluding hydrogens is 474 g/mol. The SMILES string of the molecule is CC(CO)NC(=O)c1cc2n(n1)CCN(C(=O)OCc1cc(C(F)(F)F)cc(C(F)(F)F)c1)C2. The Morgan fingerprint density at radius 2 is 1.71 bits per heavy atom. The minimum absolute atomic E-state index is 0.00779. The van der Waals surface area contributed by atoms with Gasteiger partial charge in [0.1, 0.15) is 6.61 Å². The van der Waals surface area contributed by atoms with Crippen LogP contribution in [-0.4, -0.2) is 51.0 Å². The molecule has 0 bridgehead atoms. The summed E-state index contributed by atoms with van der Waals surface area (Å²) in [5.41, 5.74) is -2.93. The number of halogens is 6. The monoisotopic (exact) mass is 494 g/mol. The fraction of sp³-hybridized carbons (Fsp3) is 0.450. The predicted octanol–water partition coefficient (Wildman–Crippen LogP) is 3.18. The van der Waals surface area contributed by atoms with Crippen LogP contribution < -0.4 is 5.32 Å². The van der Waals surface area contributed by atoms with Crippen molar-refractivity contribution in [1.29, 1.82) is 0 Å². The number of amides is 2. The molecular formula is C20H20F6N4O4. The van der Waals surface area contributed by atoms with E-state index in [0.717, 1.165) is 0 Å². The van der Waals surface area contributed by atoms with E-state index in [0.29, 0.717) is 17.8 Å². The summed E-state index contributed by atoms with van der Waals surface area (Å²) in [5, 5.41) is 15.7. The average Bonchev–Trinajstić information content (AvgIpc) is 3.19. The van der Waals surface area contributed by atoms with Crippen LogP contribution in [0.5, 0.6) is 0 Å². The second kappa shape index (κ2) is 9.52. The summed E-state index contributed by atoms with van der Waals surface area (Å²) in [6, 6.07) is 1.91. The summed E-state index contributed by atoms with van der Waals surface area (Å²) in [5.74, 6) is -0.525. The maximum atomic E-state index is 13.0. The van der Waals surface area contributed by atoms with Crippen LogP contribution in [0, 0.1) is 0 Å². The molecule has 1 aromatic carbocycles. The number of nitrogens with one attached hydrogen (secondary N) is 1. The minimum Gasteiger partial charge on any atom is -0.445 e. The van der Waals surface area contributed by atoms with Gasteiger partial charge in [-0.1, -0.05) is 0 Å². The van der Waals surface area contributed by atoms with Gasteiger partial charge in [0.15, 0.2) is 5.69 Å². The molecule has 186 valence electrons. The van der Waals surface area contributed by atoms with E-state index in [2.05, 4.69) is 10.4 Å². The highest BCUT2D eigenvalue weighted by atomic mass is 19.4. The summed E-state index contributed by atoms with van der Waals surface area (Å²) < 4.78 is 84.3. The lowest BCUT2D eigenvalue weighted by Gasteiger charge is -2.27. The molecule has 2 amide bonds. The largest absolute Gasteiger partial charge is 0.445 e. The number of hydrogen-bond donors (Lipinski definition) is 2. The van der Waals surface area contributed by atoms with Crippen LogP contribution in [0.4, 0.5) is 31.1 Å². The average molecular weight is 494 g/mol. The van der Waals surface area contributed by atoms with Crippen molar-refractivity contribution in [3.05, 3.63) is 52.3 Å². The number of aromatic nitrogens is 2. The first kappa shape index (κ1) is 25.3. The zero-order valence-corrected chi connectivity index (χ0v) is 17.7. The van der Waals surface area contributed by atoms with Gasteiger partial charge >= 0.3 is 18.4 Å². The maximum absolute atomic E-state index is 13.0. The Hall–Kier alpha value is -3.29. The van der Waals surface area contributed by atoms with Crippen molar-refractivity contribution in [1.82, 2.24) is 20.0 Å². The number of ether oxygens (including phenoxy) is 1. The summed E-state index contributed by atoms with van der Waals surface area (Å²) in [6.45, 7) is 0.773. The van der Waals surface area contributed by atoms with Crippen LogP contribution in [0.3, 0.4) is 0 Å². The van der Waals surface area contributed by atoms with Crippen LogP contribution in [0.2, 0.25) is 0 Å². The Labute approximate surface area is 189 Å². The number of aliphatic hydroxyl groups excluding tert-OH is 1. The molecule has 34 heavy (non-hydrogen) atoms. The van der Waals surface area contributed by atoms with E-state index in [1.165, 1.54) is 15.6 Å². The zero-order valence-electron chi connectivity index (χ0n) is 17.7. The van der Waals surface area contributed by atoms with Crippen molar-refractivity contribution in [2.75, 3.05) is 13.2 Å². The van der Waals surface area contributed by atoms with Gasteiger partial charge in [-0.05, 0) is 36.8 Å². The topological polar surface area (TPSA) is 96.7 Å². The normalized spacial score (nSPS) is 15.0. The second-order valence-electron chi connectivity index (χ2n) is 7.69. The molecule has 2 N–H and O–H groups in total. The summed E-state index contributed by atoms with van der Waals surface area (Å²) in [4.78, 5) is 25.7. The minimum atomic E-state index is -5.01. The second-order valence-corrected chi connectivity index (χ2v) is 7.69. The third kappa shape index (κ3) is 5.98. The van der Waals surface area contributed by atoms with Crippen molar-refractivity contribution in [2.24, 2.45) is 0 Å². The van der Waals surface area contributed by atoms with E-state index >= 15 is 0 Å². The molecule has 3 rings (SSSR count). The Morgan fingerprint density at radius 1 is 1.09 bits per heavy atom. The molecule has 1 aliphatic heterocycles. The molecule has 0 radical (unpaired) electrons. The van der Waals surface area contributed by atoms with Gasteiger partial charge in [-0.2, -0.15) is 31.4 Å². The van der Waals surface area contributed by atoms with Crippen molar-refractivity contribution < 1.29 is 45.8 Å². The third-order valence-corrected chi connectivity index (χ3v) is 4.95. The van der Waals surface area contributed by atoms with Crippen molar-refractivity contribution in [2.45, 2.75) is 45.0 Å². The van der Waals surface area contributed by atoms with Gasteiger partial charge in [0.25, 0.3) is 5.91 Å². The first-order valence-corrected chi connectivity index (χ1v) is 9.96. The van der Waals surface area contributed by atoms with E-state index in [1.807, 2.05) is 0 Å². The van der Waals surface area contributed by atoms with Crippen LogP contribution in [-0.2, 0) is 36.8 Å². The van der Waals surface area contributed by atoms with E-state index < -0.39 is 53.7 Å². The van der Waals surface area contributed by atoms with E-state index in [1.54, 1.807) is 6.92 Å². The van der Waals surface area contributed by atoms with Crippen LogP contribution in [0.15, 0.2) is 24.3 Å². The first-order valence-electron chi connectivity index (χ1n) is 9.96. The highest BCUT2D eigenvalue weighted by Crippen LogP contribution is 2.36. The highest BCUT2D eigenvalue weighted by molar-refractivity contribution is 5.92. The van der Waals surface area contributed by atoms with E-state index in [9.17, 15) is 35.9 Å². The molecule has 2 heterocycles. The standard InChI is InChI=1S/C20H20F6N4O4/c1-11(9-31)27-17(32)16-7-15-8-29(2-3-30(15)28-16)18(33)34-10-12-4-13(19(21,22)23)6-14(5-12)20(24,25)26/h4-7,11,31H,2-3,8-10H2,1H3,(H,27,32). The number of nitrogens with zero attached hydrogens (tertiary/aromatic N) is 3. The molecule has 2 aromatic rings. The van der Waals surface area contributed by atoms with Crippen molar-refractivity contribution in [3.63, 3.8) is 0 Å². The number of fused-ring (bicyclic) bond motifs is 1. The molecule has 0 aliphatic carbocycles. The Bertz CT molecular complexity index is 1030. The summed E-state index contributed by atoms with van der Waals surface area (Å²) >= 11 is 0. The number of rotatable bonds is 5. The zero-order chi connectivity index (χ0) is 25.3. The molecule has 1 aliphatic rings. The highest BCUT2D eigenvalue weighted by Gasteiger charge is 2.37. The number of benzene rings is 1. The molecule has 8 nitrogen and oxygen atoms in total. The van der Waals surface area contributed by atoms with E-state index in [4.69, 9.17) is 9.84 Å². The van der Waals surface area contributed by atoms with Crippen molar-refractivity contribution >= 4 is 12.0 Å². The van der Waals surface area contributed by atoms with Gasteiger partial charge in [-0.15, -0.1) is 0 Å². The Kier molecular flexibility index (Phi) is 7.10. The number of carbonyl (C=O) groups excluding carboxylic acids is 2. The van der Waals surface area contributed by atoms with E-state index in [-0.39, 0.29) is 38.0 Å². The molecule has 1 unspecified atom stereocenters. The van der Waals surface area contributed by atoms with Crippen LogP contribution in [0.1, 0.15) is 39.8 Å². The van der Waals surface area contributed by atoms with Gasteiger partial charge in [-0.25, -0.2) is 4.79 Å². The molecule has 1 aromatic heterocycles. The molecule has 1 atom stereocenters. The molecule has 0 fully saturated rings. The number of aliphatic hydroxyl groups is 1. The van der Waals surface area contributed by atoms with Crippen LogP contribution >= 0.6 is 0 Å². The van der Waals surface area contributed by atoms with Gasteiger partial charge in [-0.3, -0.25) is 9.48 Å². The fourth-order valence-corrected chi connectivity index (χ4v) is 3.22. The van der Waals surface area contributed by atoms with Gasteiger partial charge in [0.2, 0.25) is 0 Å². The van der Waals surface area contributed by atoms with Crippen molar-refractivity contribution in [3.8, 4) is 0 Å². The number of alkyl halides is 6. The van der Waals surface area contributed by atoms with Crippen LogP contribution in [0.25, 0.3) is 0 Å².